The smallest absolute Gasteiger partial charge is 0.259 e. The summed E-state index contributed by atoms with van der Waals surface area (Å²) in [4.78, 5) is 12.2. The van der Waals surface area contributed by atoms with Crippen molar-refractivity contribution in [3.63, 3.8) is 0 Å². The van der Waals surface area contributed by atoms with Crippen LogP contribution in [0.15, 0.2) is 42.5 Å². The third kappa shape index (κ3) is 3.85. The molecule has 0 atom stereocenters. The number of benzene rings is 2. The van der Waals surface area contributed by atoms with Crippen LogP contribution >= 0.6 is 11.6 Å². The predicted octanol–water partition coefficient (Wildman–Crippen LogP) is 5.35. The van der Waals surface area contributed by atoms with Crippen LogP contribution < -0.4 is 5.32 Å². The number of hydrogen-bond donors (Lipinski definition) is 2. The van der Waals surface area contributed by atoms with Gasteiger partial charge in [-0.3, -0.25) is 4.79 Å². The summed E-state index contributed by atoms with van der Waals surface area (Å²) in [5.41, 5.74) is 2.23. The molecule has 0 radical (unpaired) electrons. The van der Waals surface area contributed by atoms with Crippen LogP contribution in [0.2, 0.25) is 5.02 Å². The number of aromatic hydroxyl groups is 1. The summed E-state index contributed by atoms with van der Waals surface area (Å²) in [6.07, 6.45) is 6.45. The van der Waals surface area contributed by atoms with Crippen molar-refractivity contribution in [3.8, 4) is 5.75 Å². The molecular weight excluding hydrogens is 310 g/mol. The number of phenolic OH excluding ortho intramolecular Hbond substituents is 1. The molecule has 2 aromatic carbocycles. The zero-order chi connectivity index (χ0) is 16.2. The summed E-state index contributed by atoms with van der Waals surface area (Å²) >= 11 is 5.88. The number of phenols is 1. The summed E-state index contributed by atoms with van der Waals surface area (Å²) in [5, 5.41) is 13.0. The van der Waals surface area contributed by atoms with Crippen molar-refractivity contribution < 1.29 is 9.90 Å². The number of rotatable bonds is 3. The highest BCUT2D eigenvalue weighted by atomic mass is 35.5. The molecule has 1 saturated carbocycles. The van der Waals surface area contributed by atoms with E-state index in [9.17, 15) is 9.90 Å². The van der Waals surface area contributed by atoms with E-state index in [1.807, 2.05) is 12.1 Å². The van der Waals surface area contributed by atoms with Crippen molar-refractivity contribution in [2.75, 3.05) is 5.32 Å². The van der Waals surface area contributed by atoms with Crippen molar-refractivity contribution in [1.82, 2.24) is 0 Å². The minimum Gasteiger partial charge on any atom is -0.507 e. The first-order chi connectivity index (χ1) is 11.1. The molecule has 0 heterocycles. The van der Waals surface area contributed by atoms with Crippen LogP contribution in [-0.4, -0.2) is 11.0 Å². The van der Waals surface area contributed by atoms with Crippen molar-refractivity contribution in [2.45, 2.75) is 38.0 Å². The quantitative estimate of drug-likeness (QED) is 0.797. The van der Waals surface area contributed by atoms with Gasteiger partial charge in [-0.2, -0.15) is 0 Å². The van der Waals surface area contributed by atoms with Crippen LogP contribution in [0.3, 0.4) is 0 Å². The Morgan fingerprint density at radius 2 is 1.74 bits per heavy atom. The molecular formula is C19H20ClNO2. The second kappa shape index (κ2) is 7.05. The molecule has 0 aliphatic heterocycles. The van der Waals surface area contributed by atoms with Gasteiger partial charge < -0.3 is 10.4 Å². The monoisotopic (exact) mass is 329 g/mol. The van der Waals surface area contributed by atoms with Crippen molar-refractivity contribution in [3.05, 3.63) is 58.6 Å². The van der Waals surface area contributed by atoms with Gasteiger partial charge in [0.05, 0.1) is 5.56 Å². The number of nitrogens with one attached hydrogen (secondary N) is 1. The molecule has 0 unspecified atom stereocenters. The molecule has 120 valence electrons. The van der Waals surface area contributed by atoms with Gasteiger partial charge in [0.25, 0.3) is 5.91 Å². The molecule has 2 N–H and O–H groups in total. The number of carbonyl (C=O) groups is 1. The second-order valence-corrected chi connectivity index (χ2v) is 6.51. The van der Waals surface area contributed by atoms with E-state index in [1.165, 1.54) is 49.8 Å². The fourth-order valence-corrected chi connectivity index (χ4v) is 3.34. The van der Waals surface area contributed by atoms with Crippen LogP contribution in [-0.2, 0) is 0 Å². The Hall–Kier alpha value is -2.00. The molecule has 1 fully saturated rings. The predicted molar refractivity (Wildman–Crippen MR) is 93.3 cm³/mol. The summed E-state index contributed by atoms with van der Waals surface area (Å²) in [6.45, 7) is 0. The molecule has 1 aliphatic rings. The SMILES string of the molecule is O=C(Nc1ccc(C2CCCCC2)cc1)c1cc(Cl)ccc1O. The Balaban J connectivity index is 1.70. The van der Waals surface area contributed by atoms with Gasteiger partial charge >= 0.3 is 0 Å². The fraction of sp³-hybridized carbons (Fsp3) is 0.316. The lowest BCUT2D eigenvalue weighted by molar-refractivity contribution is 0.102. The first-order valence-corrected chi connectivity index (χ1v) is 8.41. The number of amides is 1. The first kappa shape index (κ1) is 15.9. The van der Waals surface area contributed by atoms with Crippen molar-refractivity contribution >= 4 is 23.2 Å². The van der Waals surface area contributed by atoms with Gasteiger partial charge in [-0.15, -0.1) is 0 Å². The normalized spacial score (nSPS) is 15.3. The van der Waals surface area contributed by atoms with Crippen LogP contribution in [0.4, 0.5) is 5.69 Å². The summed E-state index contributed by atoms with van der Waals surface area (Å²) in [6, 6.07) is 12.4. The van der Waals surface area contributed by atoms with E-state index in [0.717, 1.165) is 0 Å². The minimum atomic E-state index is -0.365. The number of hydrogen-bond acceptors (Lipinski definition) is 2. The topological polar surface area (TPSA) is 49.3 Å². The van der Waals surface area contributed by atoms with E-state index < -0.39 is 0 Å². The van der Waals surface area contributed by atoms with Crippen molar-refractivity contribution in [1.29, 1.82) is 0 Å². The molecule has 1 aliphatic carbocycles. The average molecular weight is 330 g/mol. The first-order valence-electron chi connectivity index (χ1n) is 8.03. The van der Waals surface area contributed by atoms with Crippen LogP contribution in [0.25, 0.3) is 0 Å². The van der Waals surface area contributed by atoms with Gasteiger partial charge in [-0.25, -0.2) is 0 Å². The maximum atomic E-state index is 12.2. The zero-order valence-corrected chi connectivity index (χ0v) is 13.6. The molecule has 1 amide bonds. The zero-order valence-electron chi connectivity index (χ0n) is 12.9. The molecule has 2 aromatic rings. The molecule has 0 aromatic heterocycles. The van der Waals surface area contributed by atoms with E-state index in [4.69, 9.17) is 11.6 Å². The van der Waals surface area contributed by atoms with Gasteiger partial charge in [0.15, 0.2) is 0 Å². The Morgan fingerprint density at radius 1 is 1.04 bits per heavy atom. The standard InChI is InChI=1S/C19H20ClNO2/c20-15-8-11-18(22)17(12-15)19(23)21-16-9-6-14(7-10-16)13-4-2-1-3-5-13/h6-13,22H,1-5H2,(H,21,23). The largest absolute Gasteiger partial charge is 0.507 e. The molecule has 23 heavy (non-hydrogen) atoms. The average Bonchev–Trinajstić information content (AvgIpc) is 2.58. The Labute approximate surface area is 141 Å². The Morgan fingerprint density at radius 3 is 2.43 bits per heavy atom. The van der Waals surface area contributed by atoms with E-state index >= 15 is 0 Å². The third-order valence-electron chi connectivity index (χ3n) is 4.45. The maximum Gasteiger partial charge on any atom is 0.259 e. The lowest BCUT2D eigenvalue weighted by Gasteiger charge is -2.22. The van der Waals surface area contributed by atoms with Gasteiger partial charge in [0, 0.05) is 10.7 Å². The highest BCUT2D eigenvalue weighted by Gasteiger charge is 2.16. The van der Waals surface area contributed by atoms with Crippen LogP contribution in [0.1, 0.15) is 53.9 Å². The van der Waals surface area contributed by atoms with Gasteiger partial charge in [0.1, 0.15) is 5.75 Å². The van der Waals surface area contributed by atoms with Crippen LogP contribution in [0.5, 0.6) is 5.75 Å². The molecule has 4 heteroatoms. The Bertz CT molecular complexity index is 691. The highest BCUT2D eigenvalue weighted by Crippen LogP contribution is 2.33. The number of halogens is 1. The van der Waals surface area contributed by atoms with E-state index in [2.05, 4.69) is 17.4 Å². The number of carbonyl (C=O) groups excluding carboxylic acids is 1. The van der Waals surface area contributed by atoms with E-state index in [-0.39, 0.29) is 17.2 Å². The number of anilines is 1. The highest BCUT2D eigenvalue weighted by molar-refractivity contribution is 6.31. The maximum absolute atomic E-state index is 12.2. The van der Waals surface area contributed by atoms with Crippen molar-refractivity contribution in [2.24, 2.45) is 0 Å². The van der Waals surface area contributed by atoms with Gasteiger partial charge in [0.2, 0.25) is 0 Å². The lowest BCUT2D eigenvalue weighted by Crippen LogP contribution is -2.12. The summed E-state index contributed by atoms with van der Waals surface area (Å²) in [5.74, 6) is 0.201. The van der Waals surface area contributed by atoms with E-state index in [0.29, 0.717) is 16.6 Å². The van der Waals surface area contributed by atoms with Gasteiger partial charge in [-0.1, -0.05) is 43.0 Å². The molecule has 0 bridgehead atoms. The third-order valence-corrected chi connectivity index (χ3v) is 4.68. The second-order valence-electron chi connectivity index (χ2n) is 6.07. The molecule has 3 rings (SSSR count). The Kier molecular flexibility index (Phi) is 4.87. The fourth-order valence-electron chi connectivity index (χ4n) is 3.16. The lowest BCUT2D eigenvalue weighted by atomic mass is 9.84. The summed E-state index contributed by atoms with van der Waals surface area (Å²) in [7, 11) is 0. The minimum absolute atomic E-state index is 0.0780. The molecule has 3 nitrogen and oxygen atoms in total. The van der Waals surface area contributed by atoms with E-state index in [1.54, 1.807) is 6.07 Å². The molecule has 0 saturated heterocycles. The van der Waals surface area contributed by atoms with Crippen LogP contribution in [0, 0.1) is 0 Å². The summed E-state index contributed by atoms with van der Waals surface area (Å²) < 4.78 is 0. The van der Waals surface area contributed by atoms with Gasteiger partial charge in [-0.05, 0) is 54.7 Å². The molecule has 0 spiro atoms.